The summed E-state index contributed by atoms with van der Waals surface area (Å²) in [7, 11) is 0. The number of hydrogen-bond donors (Lipinski definition) is 0. The lowest BCUT2D eigenvalue weighted by Crippen LogP contribution is -2.13. The third-order valence-corrected chi connectivity index (χ3v) is 2.64. The summed E-state index contributed by atoms with van der Waals surface area (Å²) in [6, 6.07) is 0. The predicted octanol–water partition coefficient (Wildman–Crippen LogP) is 3.37. The van der Waals surface area contributed by atoms with Gasteiger partial charge in [0.2, 0.25) is 0 Å². The van der Waals surface area contributed by atoms with Crippen molar-refractivity contribution < 1.29 is 4.79 Å². The molecule has 1 aliphatic rings. The highest BCUT2D eigenvalue weighted by Gasteiger charge is 2.18. The molecule has 0 amide bonds. The molecule has 0 spiro atoms. The Kier molecular flexibility index (Phi) is 5.36. The standard InChI is InChI=1S/C11H18.CH2O/c1-5-11-9(3)6-8(2)7-10(11)4;1-2/h6-7,9,11H,5H2,1-4H3;1H2. The molecule has 1 aliphatic carbocycles. The van der Waals surface area contributed by atoms with Gasteiger partial charge in [0.15, 0.2) is 0 Å². The van der Waals surface area contributed by atoms with E-state index in [2.05, 4.69) is 39.8 Å². The third kappa shape index (κ3) is 3.17. The van der Waals surface area contributed by atoms with Gasteiger partial charge in [0.1, 0.15) is 6.79 Å². The summed E-state index contributed by atoms with van der Waals surface area (Å²) in [4.78, 5) is 8.00. The van der Waals surface area contributed by atoms with Crippen molar-refractivity contribution in [1.29, 1.82) is 0 Å². The molecule has 0 aromatic carbocycles. The Labute approximate surface area is 81.5 Å². The minimum absolute atomic E-state index is 0.741. The van der Waals surface area contributed by atoms with Crippen LogP contribution in [0, 0.1) is 11.8 Å². The van der Waals surface area contributed by atoms with Crippen LogP contribution in [0.15, 0.2) is 23.3 Å². The molecule has 74 valence electrons. The third-order valence-electron chi connectivity index (χ3n) is 2.64. The highest BCUT2D eigenvalue weighted by Crippen LogP contribution is 2.30. The average molecular weight is 180 g/mol. The summed E-state index contributed by atoms with van der Waals surface area (Å²) in [6.07, 6.45) is 5.96. The van der Waals surface area contributed by atoms with Crippen LogP contribution in [0.2, 0.25) is 0 Å². The summed E-state index contributed by atoms with van der Waals surface area (Å²) < 4.78 is 0. The van der Waals surface area contributed by atoms with Crippen molar-refractivity contribution in [3.8, 4) is 0 Å². The van der Waals surface area contributed by atoms with E-state index in [0.29, 0.717) is 0 Å². The molecule has 0 fully saturated rings. The van der Waals surface area contributed by atoms with Crippen molar-refractivity contribution in [2.45, 2.75) is 34.1 Å². The van der Waals surface area contributed by atoms with Gasteiger partial charge >= 0.3 is 0 Å². The fourth-order valence-electron chi connectivity index (χ4n) is 2.15. The first-order valence-electron chi connectivity index (χ1n) is 4.80. The molecule has 0 N–H and O–H groups in total. The van der Waals surface area contributed by atoms with E-state index >= 15 is 0 Å². The predicted molar refractivity (Wildman–Crippen MR) is 57.6 cm³/mol. The molecule has 0 saturated heterocycles. The van der Waals surface area contributed by atoms with Crippen molar-refractivity contribution in [2.75, 3.05) is 0 Å². The molecule has 0 aromatic heterocycles. The molecule has 0 aromatic rings. The van der Waals surface area contributed by atoms with Crippen molar-refractivity contribution in [3.05, 3.63) is 23.3 Å². The number of carbonyl (C=O) groups is 1. The second-order valence-electron chi connectivity index (χ2n) is 3.67. The van der Waals surface area contributed by atoms with Crippen LogP contribution in [0.4, 0.5) is 0 Å². The zero-order valence-electron chi connectivity index (χ0n) is 9.13. The molecule has 13 heavy (non-hydrogen) atoms. The van der Waals surface area contributed by atoms with Gasteiger partial charge in [-0.15, -0.1) is 0 Å². The minimum atomic E-state index is 0.741. The summed E-state index contributed by atoms with van der Waals surface area (Å²) in [5.41, 5.74) is 2.99. The maximum Gasteiger partial charge on any atom is 0.106 e. The molecular weight excluding hydrogens is 160 g/mol. The van der Waals surface area contributed by atoms with Gasteiger partial charge in [0.25, 0.3) is 0 Å². The van der Waals surface area contributed by atoms with E-state index in [1.165, 1.54) is 12.0 Å². The molecule has 0 saturated carbocycles. The van der Waals surface area contributed by atoms with Gasteiger partial charge in [-0.1, -0.05) is 37.1 Å². The van der Waals surface area contributed by atoms with Crippen LogP contribution >= 0.6 is 0 Å². The first kappa shape index (κ1) is 12.2. The van der Waals surface area contributed by atoms with Crippen molar-refractivity contribution in [3.63, 3.8) is 0 Å². The highest BCUT2D eigenvalue weighted by molar-refractivity contribution is 5.28. The lowest BCUT2D eigenvalue weighted by Gasteiger charge is -2.25. The lowest BCUT2D eigenvalue weighted by atomic mass is 9.80. The Balaban J connectivity index is 0.000000671. The van der Waals surface area contributed by atoms with E-state index < -0.39 is 0 Å². The Hall–Kier alpha value is -0.850. The van der Waals surface area contributed by atoms with Crippen LogP contribution in [0.3, 0.4) is 0 Å². The fraction of sp³-hybridized carbons (Fsp3) is 0.583. The number of hydrogen-bond acceptors (Lipinski definition) is 1. The maximum absolute atomic E-state index is 8.00. The van der Waals surface area contributed by atoms with Crippen molar-refractivity contribution in [2.24, 2.45) is 11.8 Å². The van der Waals surface area contributed by atoms with Gasteiger partial charge in [-0.05, 0) is 32.1 Å². The summed E-state index contributed by atoms with van der Waals surface area (Å²) in [6.45, 7) is 11.0. The van der Waals surface area contributed by atoms with Crippen LogP contribution in [-0.2, 0) is 4.79 Å². The highest BCUT2D eigenvalue weighted by atomic mass is 16.1. The maximum atomic E-state index is 8.00. The van der Waals surface area contributed by atoms with E-state index in [1.54, 1.807) is 5.57 Å². The van der Waals surface area contributed by atoms with E-state index in [0.717, 1.165) is 11.8 Å². The van der Waals surface area contributed by atoms with Gasteiger partial charge in [-0.25, -0.2) is 0 Å². The Bertz CT molecular complexity index is 213. The summed E-state index contributed by atoms with van der Waals surface area (Å²) in [5.74, 6) is 1.53. The molecular formula is C12H20O. The van der Waals surface area contributed by atoms with Crippen LogP contribution in [0.25, 0.3) is 0 Å². The minimum Gasteiger partial charge on any atom is -0.307 e. The van der Waals surface area contributed by atoms with E-state index in [1.807, 2.05) is 6.79 Å². The molecule has 0 heterocycles. The number of rotatable bonds is 1. The molecule has 0 aliphatic heterocycles. The van der Waals surface area contributed by atoms with Gasteiger partial charge in [0, 0.05) is 0 Å². The van der Waals surface area contributed by atoms with Gasteiger partial charge in [-0.3, -0.25) is 0 Å². The van der Waals surface area contributed by atoms with Gasteiger partial charge in [0.05, 0.1) is 0 Å². The quantitative estimate of drug-likeness (QED) is 0.604. The molecule has 0 radical (unpaired) electrons. The normalized spacial score (nSPS) is 26.8. The Morgan fingerprint density at radius 1 is 1.38 bits per heavy atom. The van der Waals surface area contributed by atoms with Gasteiger partial charge < -0.3 is 4.79 Å². The van der Waals surface area contributed by atoms with Crippen LogP contribution in [0.5, 0.6) is 0 Å². The summed E-state index contributed by atoms with van der Waals surface area (Å²) in [5, 5.41) is 0. The van der Waals surface area contributed by atoms with Crippen molar-refractivity contribution in [1.82, 2.24) is 0 Å². The average Bonchev–Trinajstić information content (AvgIpc) is 2.07. The monoisotopic (exact) mass is 180 g/mol. The van der Waals surface area contributed by atoms with E-state index in [-0.39, 0.29) is 0 Å². The Morgan fingerprint density at radius 2 is 1.92 bits per heavy atom. The molecule has 2 unspecified atom stereocenters. The largest absolute Gasteiger partial charge is 0.307 e. The molecule has 1 rings (SSSR count). The first-order valence-corrected chi connectivity index (χ1v) is 4.80. The lowest BCUT2D eigenvalue weighted by molar-refractivity contribution is -0.0979. The zero-order chi connectivity index (χ0) is 10.4. The van der Waals surface area contributed by atoms with Crippen LogP contribution in [0.1, 0.15) is 34.1 Å². The first-order chi connectivity index (χ1) is 6.15. The second-order valence-corrected chi connectivity index (χ2v) is 3.67. The number of allylic oxidation sites excluding steroid dienone is 4. The second kappa shape index (κ2) is 5.74. The van der Waals surface area contributed by atoms with E-state index in [9.17, 15) is 0 Å². The van der Waals surface area contributed by atoms with Crippen molar-refractivity contribution >= 4 is 6.79 Å². The zero-order valence-corrected chi connectivity index (χ0v) is 9.13. The molecule has 2 atom stereocenters. The topological polar surface area (TPSA) is 17.1 Å². The Morgan fingerprint density at radius 3 is 2.31 bits per heavy atom. The molecule has 1 heteroatoms. The molecule has 0 bridgehead atoms. The molecule has 1 nitrogen and oxygen atoms in total. The van der Waals surface area contributed by atoms with Crippen LogP contribution in [-0.4, -0.2) is 6.79 Å². The smallest absolute Gasteiger partial charge is 0.106 e. The SMILES string of the molecule is C=O.CCC1C(C)=CC(C)=CC1C. The van der Waals surface area contributed by atoms with E-state index in [4.69, 9.17) is 4.79 Å². The van der Waals surface area contributed by atoms with Crippen LogP contribution < -0.4 is 0 Å². The fourth-order valence-corrected chi connectivity index (χ4v) is 2.15. The summed E-state index contributed by atoms with van der Waals surface area (Å²) >= 11 is 0. The van der Waals surface area contributed by atoms with Gasteiger partial charge in [-0.2, -0.15) is 0 Å². The number of carbonyl (C=O) groups excluding carboxylic acids is 1.